The Morgan fingerprint density at radius 3 is 2.46 bits per heavy atom. The number of azide groups is 1. The molecule has 158 valence electrons. The second-order valence-corrected chi connectivity index (χ2v) is 16.3. The third kappa shape index (κ3) is 8.11. The monoisotopic (exact) mass is 425 g/mol. The van der Waals surface area contributed by atoms with Crippen LogP contribution in [0.1, 0.15) is 53.7 Å². The van der Waals surface area contributed by atoms with Crippen molar-refractivity contribution >= 4 is 25.5 Å². The van der Waals surface area contributed by atoms with Gasteiger partial charge in [0.05, 0.1) is 6.04 Å². The van der Waals surface area contributed by atoms with Crippen LogP contribution in [0.2, 0.25) is 18.1 Å². The molecule has 9 heteroatoms. The van der Waals surface area contributed by atoms with Gasteiger partial charge in [-0.3, -0.25) is 4.98 Å². The number of pyridine rings is 1. The van der Waals surface area contributed by atoms with Gasteiger partial charge in [0, 0.05) is 35.0 Å². The minimum atomic E-state index is -1.83. The number of rotatable bonds is 9. The molecule has 0 amide bonds. The third-order valence-corrected chi connectivity index (χ3v) is 11.2. The molecule has 0 radical (unpaired) electrons. The van der Waals surface area contributed by atoms with Gasteiger partial charge in [-0.05, 0) is 68.1 Å². The highest BCUT2D eigenvalue weighted by molar-refractivity contribution is 7.90. The summed E-state index contributed by atoms with van der Waals surface area (Å²) in [6, 6.07) is 5.31. The standard InChI is InChI=1S/C19H35N5O2SSi/c1-18(2,3)27(25)23-16(12-13-26-28(7,8)19(4,5)6)14-15-10-9-11-17(21-15)22-24-20/h9-11,16,23H,12-14H2,1-8H3/t16?,27-/m1/s1. The molecular formula is C19H35N5O2SSi. The van der Waals surface area contributed by atoms with Gasteiger partial charge in [-0.25, -0.2) is 0 Å². The Kier molecular flexibility index (Phi) is 8.99. The van der Waals surface area contributed by atoms with Crippen LogP contribution in [0.25, 0.3) is 10.4 Å². The predicted octanol–water partition coefficient (Wildman–Crippen LogP) is 5.40. The van der Waals surface area contributed by atoms with Crippen molar-refractivity contribution in [3.8, 4) is 0 Å². The number of hydrogen-bond acceptors (Lipinski definition) is 5. The zero-order valence-corrected chi connectivity index (χ0v) is 20.3. The van der Waals surface area contributed by atoms with Crippen molar-refractivity contribution in [3.05, 3.63) is 34.3 Å². The van der Waals surface area contributed by atoms with Crippen LogP contribution in [0, 0.1) is 0 Å². The van der Waals surface area contributed by atoms with Gasteiger partial charge in [0.25, 0.3) is 0 Å². The summed E-state index contributed by atoms with van der Waals surface area (Å²) in [4.78, 5) is 7.17. The molecule has 0 saturated carbocycles. The second kappa shape index (κ2) is 10.1. The normalized spacial score (nSPS) is 15.0. The zero-order valence-electron chi connectivity index (χ0n) is 18.4. The highest BCUT2D eigenvalue weighted by atomic mass is 32.2. The van der Waals surface area contributed by atoms with Crippen LogP contribution < -0.4 is 4.72 Å². The van der Waals surface area contributed by atoms with Crippen molar-refractivity contribution in [2.75, 3.05) is 6.61 Å². The van der Waals surface area contributed by atoms with E-state index >= 15 is 0 Å². The first-order valence-electron chi connectivity index (χ1n) is 9.59. The van der Waals surface area contributed by atoms with E-state index in [1.54, 1.807) is 6.07 Å². The van der Waals surface area contributed by atoms with Crippen LogP contribution in [-0.4, -0.2) is 35.2 Å². The largest absolute Gasteiger partial charge is 0.598 e. The van der Waals surface area contributed by atoms with E-state index in [1.165, 1.54) is 0 Å². The van der Waals surface area contributed by atoms with Gasteiger partial charge in [-0.2, -0.15) is 0 Å². The third-order valence-electron chi connectivity index (χ3n) is 4.96. The Morgan fingerprint density at radius 1 is 1.29 bits per heavy atom. The molecule has 0 aliphatic heterocycles. The summed E-state index contributed by atoms with van der Waals surface area (Å²) in [6.45, 7) is 17.5. The minimum Gasteiger partial charge on any atom is -0.598 e. The lowest BCUT2D eigenvalue weighted by molar-refractivity contribution is 0.267. The van der Waals surface area contributed by atoms with Crippen molar-refractivity contribution in [1.29, 1.82) is 0 Å². The Morgan fingerprint density at radius 2 is 1.93 bits per heavy atom. The van der Waals surface area contributed by atoms with E-state index in [4.69, 9.17) is 9.96 Å². The fourth-order valence-electron chi connectivity index (χ4n) is 2.14. The quantitative estimate of drug-likeness (QED) is 0.188. The number of hydrogen-bond donors (Lipinski definition) is 1. The first-order valence-corrected chi connectivity index (χ1v) is 13.6. The summed E-state index contributed by atoms with van der Waals surface area (Å²) < 4.78 is 21.8. The number of nitrogens with one attached hydrogen (secondary N) is 1. The average molecular weight is 426 g/mol. The molecule has 1 aromatic heterocycles. The molecule has 0 aliphatic rings. The lowest BCUT2D eigenvalue weighted by Gasteiger charge is -2.36. The smallest absolute Gasteiger partial charge is 0.191 e. The van der Waals surface area contributed by atoms with Gasteiger partial charge in [-0.15, -0.1) is 4.72 Å². The molecule has 1 N–H and O–H groups in total. The Hall–Kier alpha value is -1.09. The SMILES string of the molecule is CC(C)(C)[S@@+]([O-])NC(CCO[Si](C)(C)C(C)(C)C)Cc1cccc(N=[N+]=[N-])n1. The first-order chi connectivity index (χ1) is 12.8. The second-order valence-electron chi connectivity index (χ2n) is 9.47. The molecule has 0 spiro atoms. The van der Waals surface area contributed by atoms with E-state index in [-0.39, 0.29) is 15.8 Å². The molecule has 2 atom stereocenters. The maximum Gasteiger partial charge on any atom is 0.191 e. The molecule has 0 bridgehead atoms. The molecule has 1 unspecified atom stereocenters. The molecule has 1 heterocycles. The topological polar surface area (TPSA) is 106 Å². The minimum absolute atomic E-state index is 0.0568. The lowest BCUT2D eigenvalue weighted by atomic mass is 10.1. The highest BCUT2D eigenvalue weighted by Gasteiger charge is 2.37. The van der Waals surface area contributed by atoms with Crippen molar-refractivity contribution in [3.63, 3.8) is 0 Å². The summed E-state index contributed by atoms with van der Waals surface area (Å²) in [5.74, 6) is 0.341. The van der Waals surface area contributed by atoms with Crippen LogP contribution in [0.4, 0.5) is 5.82 Å². The maximum atomic E-state index is 12.6. The molecule has 0 aliphatic carbocycles. The van der Waals surface area contributed by atoms with Crippen molar-refractivity contribution in [1.82, 2.24) is 9.71 Å². The summed E-state index contributed by atoms with van der Waals surface area (Å²) >= 11 is -1.20. The van der Waals surface area contributed by atoms with E-state index in [9.17, 15) is 4.55 Å². The van der Waals surface area contributed by atoms with Gasteiger partial charge < -0.3 is 8.98 Å². The zero-order chi connectivity index (χ0) is 21.6. The summed E-state index contributed by atoms with van der Waals surface area (Å²) in [6.07, 6.45) is 1.30. The fourth-order valence-corrected chi connectivity index (χ4v) is 4.06. The van der Waals surface area contributed by atoms with Crippen LogP contribution in [-0.2, 0) is 22.2 Å². The van der Waals surface area contributed by atoms with Crippen LogP contribution in [0.5, 0.6) is 0 Å². The lowest BCUT2D eigenvalue weighted by Crippen LogP contribution is -2.47. The van der Waals surface area contributed by atoms with Crippen LogP contribution >= 0.6 is 0 Å². The van der Waals surface area contributed by atoms with Gasteiger partial charge in [-0.1, -0.05) is 26.8 Å². The molecule has 0 saturated heterocycles. The van der Waals surface area contributed by atoms with E-state index in [0.717, 1.165) is 12.1 Å². The van der Waals surface area contributed by atoms with Gasteiger partial charge in [0.1, 0.15) is 10.6 Å². The van der Waals surface area contributed by atoms with E-state index in [1.807, 2.05) is 32.9 Å². The fraction of sp³-hybridized carbons (Fsp3) is 0.737. The Balaban J connectivity index is 2.87. The van der Waals surface area contributed by atoms with Crippen molar-refractivity contribution in [2.45, 2.75) is 83.3 Å². The molecule has 1 aromatic rings. The molecule has 0 fully saturated rings. The summed E-state index contributed by atoms with van der Waals surface area (Å²) in [5.41, 5.74) is 9.40. The molecular weight excluding hydrogens is 390 g/mol. The van der Waals surface area contributed by atoms with E-state index in [2.05, 4.69) is 53.6 Å². The van der Waals surface area contributed by atoms with Crippen LogP contribution in [0.15, 0.2) is 23.3 Å². The summed E-state index contributed by atoms with van der Waals surface area (Å²) in [5, 5.41) is 3.71. The maximum absolute atomic E-state index is 12.6. The molecule has 0 aromatic carbocycles. The van der Waals surface area contributed by atoms with Gasteiger partial charge in [0.15, 0.2) is 8.32 Å². The number of nitrogens with zero attached hydrogens (tertiary/aromatic N) is 4. The Labute approximate surface area is 173 Å². The Bertz CT molecular complexity index is 682. The average Bonchev–Trinajstić information content (AvgIpc) is 2.53. The van der Waals surface area contributed by atoms with Crippen molar-refractivity contribution < 1.29 is 8.98 Å². The molecule has 7 nitrogen and oxygen atoms in total. The van der Waals surface area contributed by atoms with Crippen LogP contribution in [0.3, 0.4) is 0 Å². The van der Waals surface area contributed by atoms with E-state index < -0.39 is 19.7 Å². The van der Waals surface area contributed by atoms with Gasteiger partial charge in [0.2, 0.25) is 0 Å². The molecule has 28 heavy (non-hydrogen) atoms. The molecule has 1 rings (SSSR count). The van der Waals surface area contributed by atoms with Crippen molar-refractivity contribution in [2.24, 2.45) is 5.11 Å². The predicted molar refractivity (Wildman–Crippen MR) is 119 cm³/mol. The first kappa shape index (κ1) is 24.9. The highest BCUT2D eigenvalue weighted by Crippen LogP contribution is 2.36. The van der Waals surface area contributed by atoms with E-state index in [0.29, 0.717) is 18.8 Å². The van der Waals surface area contributed by atoms with Gasteiger partial charge >= 0.3 is 0 Å². The summed E-state index contributed by atoms with van der Waals surface area (Å²) in [7, 11) is -1.83. The number of aromatic nitrogens is 1.